The molecule has 1 unspecified atom stereocenters. The first-order valence-electron chi connectivity index (χ1n) is 7.27. The number of aromatic nitrogens is 2. The van der Waals surface area contributed by atoms with Crippen molar-refractivity contribution in [1.29, 1.82) is 0 Å². The molecule has 2 heterocycles. The van der Waals surface area contributed by atoms with E-state index < -0.39 is 0 Å². The van der Waals surface area contributed by atoms with E-state index in [2.05, 4.69) is 39.9 Å². The van der Waals surface area contributed by atoms with E-state index in [-0.39, 0.29) is 6.10 Å². The van der Waals surface area contributed by atoms with Crippen LogP contribution in [0.3, 0.4) is 0 Å². The normalized spacial score (nSPS) is 20.7. The van der Waals surface area contributed by atoms with Crippen LogP contribution in [0.1, 0.15) is 25.5 Å². The van der Waals surface area contributed by atoms with Gasteiger partial charge in [0.05, 0.1) is 18.4 Å². The van der Waals surface area contributed by atoms with Gasteiger partial charge in [0.2, 0.25) is 5.95 Å². The average Bonchev–Trinajstić information content (AvgIpc) is 2.74. The summed E-state index contributed by atoms with van der Waals surface area (Å²) in [6.07, 6.45) is 4.77. The Hall–Kier alpha value is -1.07. The Kier molecular flexibility index (Phi) is 5.22. The van der Waals surface area contributed by atoms with Crippen LogP contribution in [-0.2, 0) is 11.3 Å². The fourth-order valence-electron chi connectivity index (χ4n) is 2.38. The van der Waals surface area contributed by atoms with Crippen LogP contribution in [0.5, 0.6) is 0 Å². The first-order valence-corrected chi connectivity index (χ1v) is 7.27. The van der Waals surface area contributed by atoms with Gasteiger partial charge in [0.1, 0.15) is 0 Å². The molecular formula is C14H26N4O. The molecule has 0 bridgehead atoms. The molecule has 1 aliphatic rings. The number of aryl methyl sites for hydroxylation is 2. The molecule has 1 aromatic rings. The Morgan fingerprint density at radius 3 is 3.11 bits per heavy atom. The first-order chi connectivity index (χ1) is 9.19. The molecule has 5 heteroatoms. The summed E-state index contributed by atoms with van der Waals surface area (Å²) in [6, 6.07) is 0. The quantitative estimate of drug-likeness (QED) is 0.851. The molecule has 0 aromatic carbocycles. The minimum absolute atomic E-state index is 0.260. The molecule has 1 fully saturated rings. The maximum atomic E-state index is 5.76. The lowest BCUT2D eigenvalue weighted by atomic mass is 10.3. The van der Waals surface area contributed by atoms with E-state index in [0.29, 0.717) is 0 Å². The highest BCUT2D eigenvalue weighted by molar-refractivity contribution is 5.29. The van der Waals surface area contributed by atoms with Crippen molar-refractivity contribution in [2.75, 3.05) is 38.6 Å². The second-order valence-corrected chi connectivity index (χ2v) is 5.39. The number of unbranched alkanes of at least 4 members (excludes halogenated alkanes) is 1. The number of likely N-dealkylation sites (N-methyl/N-ethyl adjacent to an activating group) is 1. The average molecular weight is 266 g/mol. The van der Waals surface area contributed by atoms with Crippen LogP contribution in [0.4, 0.5) is 5.95 Å². The number of imidazole rings is 1. The molecule has 19 heavy (non-hydrogen) atoms. The molecule has 0 saturated carbocycles. The summed E-state index contributed by atoms with van der Waals surface area (Å²) in [7, 11) is 2.14. The Bertz CT molecular complexity index is 391. The van der Waals surface area contributed by atoms with Gasteiger partial charge in [-0.1, -0.05) is 13.3 Å². The lowest BCUT2D eigenvalue weighted by Crippen LogP contribution is -2.43. The van der Waals surface area contributed by atoms with Crippen LogP contribution in [0, 0.1) is 6.92 Å². The van der Waals surface area contributed by atoms with Gasteiger partial charge in [-0.25, -0.2) is 4.98 Å². The van der Waals surface area contributed by atoms with E-state index in [0.717, 1.165) is 44.4 Å². The van der Waals surface area contributed by atoms with Crippen molar-refractivity contribution in [3.63, 3.8) is 0 Å². The van der Waals surface area contributed by atoms with Crippen LogP contribution in [0.2, 0.25) is 0 Å². The highest BCUT2D eigenvalue weighted by Gasteiger charge is 2.18. The van der Waals surface area contributed by atoms with Gasteiger partial charge < -0.3 is 19.5 Å². The lowest BCUT2D eigenvalue weighted by molar-refractivity contribution is -0.0118. The second kappa shape index (κ2) is 6.91. The molecule has 0 amide bonds. The van der Waals surface area contributed by atoms with Crippen molar-refractivity contribution < 1.29 is 4.74 Å². The summed E-state index contributed by atoms with van der Waals surface area (Å²) in [4.78, 5) is 6.86. The summed E-state index contributed by atoms with van der Waals surface area (Å²) < 4.78 is 7.97. The number of rotatable bonds is 6. The molecule has 0 radical (unpaired) electrons. The summed E-state index contributed by atoms with van der Waals surface area (Å²) in [6.45, 7) is 8.95. The highest BCUT2D eigenvalue weighted by atomic mass is 16.5. The molecule has 1 saturated heterocycles. The van der Waals surface area contributed by atoms with E-state index in [1.807, 2.05) is 6.92 Å². The number of nitrogens with one attached hydrogen (secondary N) is 1. The zero-order valence-electron chi connectivity index (χ0n) is 12.4. The summed E-state index contributed by atoms with van der Waals surface area (Å²) in [5, 5.41) is 3.43. The molecular weight excluding hydrogens is 240 g/mol. The SMILES string of the molecule is CCCCn1cc(C)nc1NCC1CN(C)CCO1. The standard InChI is InChI=1S/C14H26N4O/c1-4-5-6-18-10-12(2)16-14(18)15-9-13-11-17(3)7-8-19-13/h10,13H,4-9,11H2,1-3H3,(H,15,16). The molecule has 1 N–H and O–H groups in total. The third-order valence-electron chi connectivity index (χ3n) is 3.48. The van der Waals surface area contributed by atoms with Crippen molar-refractivity contribution in [3.8, 4) is 0 Å². The fourth-order valence-corrected chi connectivity index (χ4v) is 2.38. The van der Waals surface area contributed by atoms with Gasteiger partial charge in [-0.2, -0.15) is 0 Å². The number of ether oxygens (including phenoxy) is 1. The third-order valence-corrected chi connectivity index (χ3v) is 3.48. The van der Waals surface area contributed by atoms with Crippen molar-refractivity contribution in [1.82, 2.24) is 14.5 Å². The molecule has 0 aliphatic carbocycles. The topological polar surface area (TPSA) is 42.3 Å². The van der Waals surface area contributed by atoms with E-state index in [1.54, 1.807) is 0 Å². The van der Waals surface area contributed by atoms with Gasteiger partial charge in [0.15, 0.2) is 0 Å². The van der Waals surface area contributed by atoms with Crippen molar-refractivity contribution in [3.05, 3.63) is 11.9 Å². The number of hydrogen-bond acceptors (Lipinski definition) is 4. The van der Waals surface area contributed by atoms with Crippen molar-refractivity contribution in [2.24, 2.45) is 0 Å². The molecule has 108 valence electrons. The maximum absolute atomic E-state index is 5.76. The Labute approximate surface area is 116 Å². The van der Waals surface area contributed by atoms with Gasteiger partial charge in [0.25, 0.3) is 0 Å². The molecule has 0 spiro atoms. The van der Waals surface area contributed by atoms with Gasteiger partial charge >= 0.3 is 0 Å². The number of nitrogens with zero attached hydrogens (tertiary/aromatic N) is 3. The van der Waals surface area contributed by atoms with Gasteiger partial charge in [0, 0.05) is 32.4 Å². The minimum Gasteiger partial charge on any atom is -0.374 e. The van der Waals surface area contributed by atoms with Crippen molar-refractivity contribution >= 4 is 5.95 Å². The number of morpholine rings is 1. The van der Waals surface area contributed by atoms with Crippen LogP contribution in [-0.4, -0.2) is 53.8 Å². The summed E-state index contributed by atoms with van der Waals surface area (Å²) in [5.41, 5.74) is 1.07. The lowest BCUT2D eigenvalue weighted by Gasteiger charge is -2.30. The van der Waals surface area contributed by atoms with E-state index >= 15 is 0 Å². The predicted molar refractivity (Wildman–Crippen MR) is 77.6 cm³/mol. The van der Waals surface area contributed by atoms with Gasteiger partial charge in [-0.3, -0.25) is 0 Å². The Morgan fingerprint density at radius 1 is 1.53 bits per heavy atom. The summed E-state index contributed by atoms with van der Waals surface area (Å²) in [5.74, 6) is 0.975. The maximum Gasteiger partial charge on any atom is 0.203 e. The Balaban J connectivity index is 1.87. The van der Waals surface area contributed by atoms with E-state index in [9.17, 15) is 0 Å². The molecule has 1 atom stereocenters. The first kappa shape index (κ1) is 14.3. The highest BCUT2D eigenvalue weighted by Crippen LogP contribution is 2.11. The minimum atomic E-state index is 0.260. The van der Waals surface area contributed by atoms with Crippen LogP contribution >= 0.6 is 0 Å². The fraction of sp³-hybridized carbons (Fsp3) is 0.786. The number of hydrogen-bond donors (Lipinski definition) is 1. The number of anilines is 1. The van der Waals surface area contributed by atoms with Crippen LogP contribution < -0.4 is 5.32 Å². The smallest absolute Gasteiger partial charge is 0.203 e. The molecule has 5 nitrogen and oxygen atoms in total. The Morgan fingerprint density at radius 2 is 2.37 bits per heavy atom. The summed E-state index contributed by atoms with van der Waals surface area (Å²) >= 11 is 0. The monoisotopic (exact) mass is 266 g/mol. The van der Waals surface area contributed by atoms with E-state index in [1.165, 1.54) is 12.8 Å². The van der Waals surface area contributed by atoms with Gasteiger partial charge in [-0.15, -0.1) is 0 Å². The second-order valence-electron chi connectivity index (χ2n) is 5.39. The van der Waals surface area contributed by atoms with E-state index in [4.69, 9.17) is 4.74 Å². The predicted octanol–water partition coefficient (Wildman–Crippen LogP) is 1.73. The van der Waals surface area contributed by atoms with Crippen molar-refractivity contribution in [2.45, 2.75) is 39.3 Å². The molecule has 2 rings (SSSR count). The molecule has 1 aromatic heterocycles. The van der Waals surface area contributed by atoms with Crippen LogP contribution in [0.15, 0.2) is 6.20 Å². The van der Waals surface area contributed by atoms with Gasteiger partial charge in [-0.05, 0) is 20.4 Å². The zero-order chi connectivity index (χ0) is 13.7. The third kappa shape index (κ3) is 4.21. The zero-order valence-corrected chi connectivity index (χ0v) is 12.4. The molecule has 1 aliphatic heterocycles. The largest absolute Gasteiger partial charge is 0.374 e. The van der Waals surface area contributed by atoms with Crippen LogP contribution in [0.25, 0.3) is 0 Å².